The molecule has 0 aliphatic rings. The topological polar surface area (TPSA) is 85.1 Å². The zero-order valence-corrected chi connectivity index (χ0v) is 12.8. The van der Waals surface area contributed by atoms with E-state index in [2.05, 4.69) is 32.8 Å². The Kier molecular flexibility index (Phi) is 4.70. The number of para-hydroxylation sites is 1. The van der Waals surface area contributed by atoms with E-state index in [-0.39, 0.29) is 12.1 Å². The lowest BCUT2D eigenvalue weighted by molar-refractivity contribution is -0.119. The van der Waals surface area contributed by atoms with Gasteiger partial charge in [0.1, 0.15) is 11.7 Å². The molecular formula is C15H14BrN3O2. The fourth-order valence-electron chi connectivity index (χ4n) is 1.87. The lowest BCUT2D eigenvalue weighted by Gasteiger charge is -2.14. The maximum Gasteiger partial charge on any atom is 0.270 e. The molecule has 0 saturated heterocycles. The Bertz CT molecular complexity index is 715. The van der Waals surface area contributed by atoms with Crippen molar-refractivity contribution in [2.45, 2.75) is 12.5 Å². The fraction of sp³-hybridized carbons (Fsp3) is 0.133. The van der Waals surface area contributed by atoms with Crippen LogP contribution in [0, 0.1) is 0 Å². The first kappa shape index (κ1) is 15.2. The fourth-order valence-corrected chi connectivity index (χ4v) is 2.19. The Balaban J connectivity index is 2.20. The molecule has 2 rings (SSSR count). The van der Waals surface area contributed by atoms with Gasteiger partial charge in [-0.3, -0.25) is 9.59 Å². The standard InChI is InChI=1S/C15H14BrN3O2/c1-9(16)8-13(14(17)20)19-15(21)12-7-6-10-4-2-3-5-11(10)18-12/h2-7,13H,1,8H2,(H2,17,20)(H,19,21)/t13-/m0/s1. The van der Waals surface area contributed by atoms with Crippen LogP contribution < -0.4 is 11.1 Å². The number of aromatic nitrogens is 1. The Morgan fingerprint density at radius 1 is 1.29 bits per heavy atom. The van der Waals surface area contributed by atoms with E-state index < -0.39 is 17.9 Å². The summed E-state index contributed by atoms with van der Waals surface area (Å²) in [5.74, 6) is -1.07. The predicted octanol–water partition coefficient (Wildman–Crippen LogP) is 2.12. The summed E-state index contributed by atoms with van der Waals surface area (Å²) in [6.45, 7) is 3.64. The van der Waals surface area contributed by atoms with Crippen molar-refractivity contribution in [1.82, 2.24) is 10.3 Å². The maximum atomic E-state index is 12.2. The molecule has 0 aliphatic carbocycles. The van der Waals surface area contributed by atoms with E-state index in [0.717, 1.165) is 5.39 Å². The van der Waals surface area contributed by atoms with Gasteiger partial charge in [-0.05, 0) is 16.6 Å². The summed E-state index contributed by atoms with van der Waals surface area (Å²) >= 11 is 3.15. The van der Waals surface area contributed by atoms with Crippen LogP contribution in [-0.2, 0) is 4.79 Å². The molecule has 1 heterocycles. The summed E-state index contributed by atoms with van der Waals surface area (Å²) in [6, 6.07) is 10.1. The molecule has 21 heavy (non-hydrogen) atoms. The van der Waals surface area contributed by atoms with Crippen LogP contribution in [0.1, 0.15) is 16.9 Å². The van der Waals surface area contributed by atoms with Gasteiger partial charge in [-0.25, -0.2) is 4.98 Å². The number of hydrogen-bond acceptors (Lipinski definition) is 3. The quantitative estimate of drug-likeness (QED) is 0.868. The molecule has 6 heteroatoms. The molecule has 3 N–H and O–H groups in total. The number of rotatable bonds is 5. The molecule has 2 aromatic rings. The summed E-state index contributed by atoms with van der Waals surface area (Å²) in [5, 5.41) is 3.50. The van der Waals surface area contributed by atoms with Crippen LogP contribution >= 0.6 is 15.9 Å². The molecule has 1 atom stereocenters. The summed E-state index contributed by atoms with van der Waals surface area (Å²) in [5.41, 5.74) is 6.22. The molecule has 0 radical (unpaired) electrons. The highest BCUT2D eigenvalue weighted by Gasteiger charge is 2.20. The van der Waals surface area contributed by atoms with Gasteiger partial charge in [-0.1, -0.05) is 46.8 Å². The van der Waals surface area contributed by atoms with Crippen LogP contribution in [0.5, 0.6) is 0 Å². The van der Waals surface area contributed by atoms with Crippen molar-refractivity contribution in [2.24, 2.45) is 5.73 Å². The van der Waals surface area contributed by atoms with E-state index in [1.165, 1.54) is 0 Å². The number of pyridine rings is 1. The van der Waals surface area contributed by atoms with Gasteiger partial charge in [0.2, 0.25) is 5.91 Å². The third-order valence-corrected chi connectivity index (χ3v) is 3.23. The highest BCUT2D eigenvalue weighted by Crippen LogP contribution is 2.13. The van der Waals surface area contributed by atoms with Gasteiger partial charge >= 0.3 is 0 Å². The van der Waals surface area contributed by atoms with Gasteiger partial charge in [-0.15, -0.1) is 0 Å². The second-order valence-corrected chi connectivity index (χ2v) is 5.66. The maximum absolute atomic E-state index is 12.2. The highest BCUT2D eigenvalue weighted by molar-refractivity contribution is 9.11. The van der Waals surface area contributed by atoms with Crippen LogP contribution in [0.25, 0.3) is 10.9 Å². The highest BCUT2D eigenvalue weighted by atomic mass is 79.9. The van der Waals surface area contributed by atoms with Gasteiger partial charge < -0.3 is 11.1 Å². The number of nitrogens with one attached hydrogen (secondary N) is 1. The largest absolute Gasteiger partial charge is 0.368 e. The first-order valence-corrected chi connectivity index (χ1v) is 7.06. The summed E-state index contributed by atoms with van der Waals surface area (Å²) in [6.07, 6.45) is 0.231. The van der Waals surface area contributed by atoms with Crippen molar-refractivity contribution in [3.05, 3.63) is 53.2 Å². The minimum absolute atomic E-state index is 0.231. The van der Waals surface area contributed by atoms with Crippen molar-refractivity contribution in [1.29, 1.82) is 0 Å². The SMILES string of the molecule is C=C(Br)C[C@H](NC(=O)c1ccc2ccccc2n1)C(N)=O. The minimum Gasteiger partial charge on any atom is -0.368 e. The summed E-state index contributed by atoms with van der Waals surface area (Å²) in [4.78, 5) is 27.8. The Morgan fingerprint density at radius 3 is 2.67 bits per heavy atom. The van der Waals surface area contributed by atoms with Crippen molar-refractivity contribution in [3.63, 3.8) is 0 Å². The van der Waals surface area contributed by atoms with Crippen LogP contribution in [-0.4, -0.2) is 22.8 Å². The van der Waals surface area contributed by atoms with Crippen molar-refractivity contribution >= 4 is 38.6 Å². The molecule has 0 fully saturated rings. The van der Waals surface area contributed by atoms with Crippen molar-refractivity contribution in [2.75, 3.05) is 0 Å². The second-order valence-electron chi connectivity index (χ2n) is 4.54. The van der Waals surface area contributed by atoms with Gasteiger partial charge in [0.25, 0.3) is 5.91 Å². The number of nitrogens with two attached hydrogens (primary N) is 1. The Labute approximate surface area is 130 Å². The second kappa shape index (κ2) is 6.49. The van der Waals surface area contributed by atoms with Crippen LogP contribution in [0.2, 0.25) is 0 Å². The lowest BCUT2D eigenvalue weighted by Crippen LogP contribution is -2.44. The molecular weight excluding hydrogens is 334 g/mol. The molecule has 108 valence electrons. The van der Waals surface area contributed by atoms with Crippen LogP contribution in [0.3, 0.4) is 0 Å². The molecule has 0 aliphatic heterocycles. The molecule has 5 nitrogen and oxygen atoms in total. The molecule has 1 aromatic carbocycles. The van der Waals surface area contributed by atoms with Crippen molar-refractivity contribution < 1.29 is 9.59 Å². The van der Waals surface area contributed by atoms with E-state index >= 15 is 0 Å². The van der Waals surface area contributed by atoms with Crippen LogP contribution in [0.4, 0.5) is 0 Å². The minimum atomic E-state index is -0.822. The Morgan fingerprint density at radius 2 is 2.00 bits per heavy atom. The zero-order chi connectivity index (χ0) is 15.4. The Hall–Kier alpha value is -2.21. The number of carbonyl (C=O) groups is 2. The van der Waals surface area contributed by atoms with Crippen molar-refractivity contribution in [3.8, 4) is 0 Å². The number of carbonyl (C=O) groups excluding carboxylic acids is 2. The monoisotopic (exact) mass is 347 g/mol. The molecule has 0 spiro atoms. The third kappa shape index (κ3) is 3.88. The summed E-state index contributed by atoms with van der Waals surface area (Å²) in [7, 11) is 0. The number of hydrogen-bond donors (Lipinski definition) is 2. The third-order valence-electron chi connectivity index (χ3n) is 2.91. The van der Waals surface area contributed by atoms with E-state index in [1.807, 2.05) is 24.3 Å². The molecule has 0 unspecified atom stereocenters. The van der Waals surface area contributed by atoms with Gasteiger partial charge in [-0.2, -0.15) is 0 Å². The first-order chi connectivity index (χ1) is 9.97. The van der Waals surface area contributed by atoms with E-state index in [9.17, 15) is 9.59 Å². The number of benzene rings is 1. The number of primary amides is 1. The van der Waals surface area contributed by atoms with Gasteiger partial charge in [0, 0.05) is 11.8 Å². The summed E-state index contributed by atoms with van der Waals surface area (Å²) < 4.78 is 0.582. The number of halogens is 1. The molecule has 0 saturated carbocycles. The molecule has 0 bridgehead atoms. The average Bonchev–Trinajstić information content (AvgIpc) is 2.45. The van der Waals surface area contributed by atoms with E-state index in [0.29, 0.717) is 10.00 Å². The zero-order valence-electron chi connectivity index (χ0n) is 11.2. The van der Waals surface area contributed by atoms with Crippen LogP contribution in [0.15, 0.2) is 47.5 Å². The average molecular weight is 348 g/mol. The first-order valence-electron chi connectivity index (χ1n) is 6.26. The van der Waals surface area contributed by atoms with Gasteiger partial charge in [0.05, 0.1) is 5.52 Å². The predicted molar refractivity (Wildman–Crippen MR) is 84.9 cm³/mol. The van der Waals surface area contributed by atoms with E-state index in [1.54, 1.807) is 12.1 Å². The van der Waals surface area contributed by atoms with Gasteiger partial charge in [0.15, 0.2) is 0 Å². The van der Waals surface area contributed by atoms with E-state index in [4.69, 9.17) is 5.73 Å². The number of amides is 2. The number of fused-ring (bicyclic) bond motifs is 1. The molecule has 2 amide bonds. The number of nitrogens with zero attached hydrogens (tertiary/aromatic N) is 1. The molecule has 1 aromatic heterocycles. The normalized spacial score (nSPS) is 11.9. The lowest BCUT2D eigenvalue weighted by atomic mass is 10.1. The smallest absolute Gasteiger partial charge is 0.270 e.